The molecule has 3 nitrogen and oxygen atoms in total. The fraction of sp³-hybridized carbons (Fsp3) is 0. The lowest BCUT2D eigenvalue weighted by Gasteiger charge is -1.99. The van der Waals surface area contributed by atoms with Crippen molar-refractivity contribution in [2.24, 2.45) is 0 Å². The van der Waals surface area contributed by atoms with Crippen LogP contribution >= 0.6 is 15.9 Å². The fourth-order valence-electron chi connectivity index (χ4n) is 1.52. The molecule has 0 aliphatic carbocycles. The van der Waals surface area contributed by atoms with Crippen LogP contribution in [0.5, 0.6) is 11.5 Å². The molecule has 0 aliphatic heterocycles. The van der Waals surface area contributed by atoms with Gasteiger partial charge in [0.15, 0.2) is 5.78 Å². The molecule has 2 rings (SSSR count). The second-order valence-corrected chi connectivity index (χ2v) is 4.81. The fourth-order valence-corrected chi connectivity index (χ4v) is 1.92. The quantitative estimate of drug-likeness (QED) is 0.669. The van der Waals surface area contributed by atoms with Crippen LogP contribution in [-0.4, -0.2) is 16.0 Å². The maximum absolute atomic E-state index is 11.9. The third-order valence-electron chi connectivity index (χ3n) is 2.55. The van der Waals surface area contributed by atoms with Crippen molar-refractivity contribution in [1.82, 2.24) is 0 Å². The maximum atomic E-state index is 11.9. The van der Waals surface area contributed by atoms with Crippen molar-refractivity contribution in [2.75, 3.05) is 0 Å². The van der Waals surface area contributed by atoms with Crippen LogP contribution in [0.25, 0.3) is 6.08 Å². The summed E-state index contributed by atoms with van der Waals surface area (Å²) >= 11 is 3.21. The van der Waals surface area contributed by atoms with Crippen LogP contribution in [0.4, 0.5) is 0 Å². The van der Waals surface area contributed by atoms with Gasteiger partial charge in [-0.3, -0.25) is 4.79 Å². The van der Waals surface area contributed by atoms with Gasteiger partial charge in [-0.05, 0) is 64.0 Å². The Bertz CT molecular complexity index is 630. The molecule has 0 saturated heterocycles. The number of carbonyl (C=O) groups excluding carboxylic acids is 1. The molecule has 0 heterocycles. The normalized spacial score (nSPS) is 10.8. The smallest absolute Gasteiger partial charge is 0.185 e. The summed E-state index contributed by atoms with van der Waals surface area (Å²) in [6, 6.07) is 11.0. The summed E-state index contributed by atoms with van der Waals surface area (Å²) in [5.74, 6) is 0.134. The van der Waals surface area contributed by atoms with E-state index in [4.69, 9.17) is 5.11 Å². The Labute approximate surface area is 119 Å². The van der Waals surface area contributed by atoms with Gasteiger partial charge in [-0.15, -0.1) is 0 Å². The summed E-state index contributed by atoms with van der Waals surface area (Å²) in [6.45, 7) is 0. The summed E-state index contributed by atoms with van der Waals surface area (Å²) in [6.07, 6.45) is 3.12. The van der Waals surface area contributed by atoms with Gasteiger partial charge in [0.1, 0.15) is 11.5 Å². The van der Waals surface area contributed by atoms with E-state index in [2.05, 4.69) is 15.9 Å². The van der Waals surface area contributed by atoms with Gasteiger partial charge in [0.05, 0.1) is 4.47 Å². The predicted molar refractivity (Wildman–Crippen MR) is 77.3 cm³/mol. The highest BCUT2D eigenvalue weighted by atomic mass is 79.9. The highest BCUT2D eigenvalue weighted by molar-refractivity contribution is 9.10. The van der Waals surface area contributed by atoms with E-state index in [1.54, 1.807) is 36.4 Å². The number of rotatable bonds is 3. The zero-order chi connectivity index (χ0) is 13.8. The predicted octanol–water partition coefficient (Wildman–Crippen LogP) is 3.76. The van der Waals surface area contributed by atoms with Crippen molar-refractivity contribution in [1.29, 1.82) is 0 Å². The van der Waals surface area contributed by atoms with Crippen LogP contribution in [0, 0.1) is 0 Å². The van der Waals surface area contributed by atoms with Gasteiger partial charge in [0, 0.05) is 5.56 Å². The van der Waals surface area contributed by atoms with Crippen LogP contribution in [0.2, 0.25) is 0 Å². The van der Waals surface area contributed by atoms with Crippen molar-refractivity contribution >= 4 is 27.8 Å². The van der Waals surface area contributed by atoms with E-state index in [-0.39, 0.29) is 17.3 Å². The number of ketones is 1. The van der Waals surface area contributed by atoms with Gasteiger partial charge in [-0.1, -0.05) is 12.1 Å². The molecule has 19 heavy (non-hydrogen) atoms. The number of allylic oxidation sites excluding steroid dienone is 1. The van der Waals surface area contributed by atoms with Crippen LogP contribution in [0.3, 0.4) is 0 Å². The van der Waals surface area contributed by atoms with Gasteiger partial charge >= 0.3 is 0 Å². The first kappa shape index (κ1) is 13.4. The van der Waals surface area contributed by atoms with Gasteiger partial charge in [-0.2, -0.15) is 0 Å². The van der Waals surface area contributed by atoms with Gasteiger partial charge in [-0.25, -0.2) is 0 Å². The summed E-state index contributed by atoms with van der Waals surface area (Å²) < 4.78 is 0.576. The molecule has 2 aromatic rings. The summed E-state index contributed by atoms with van der Waals surface area (Å²) in [5.41, 5.74) is 1.31. The maximum Gasteiger partial charge on any atom is 0.185 e. The van der Waals surface area contributed by atoms with Gasteiger partial charge in [0.2, 0.25) is 0 Å². The average molecular weight is 319 g/mol. The molecule has 0 aromatic heterocycles. The lowest BCUT2D eigenvalue weighted by molar-refractivity contribution is 0.104. The Morgan fingerprint density at radius 2 is 1.74 bits per heavy atom. The first-order valence-corrected chi connectivity index (χ1v) is 6.35. The minimum Gasteiger partial charge on any atom is -0.508 e. The molecule has 0 radical (unpaired) electrons. The number of phenols is 2. The number of hydrogen-bond donors (Lipinski definition) is 2. The van der Waals surface area contributed by atoms with Crippen molar-refractivity contribution in [2.45, 2.75) is 0 Å². The molecule has 0 aliphatic rings. The van der Waals surface area contributed by atoms with E-state index < -0.39 is 0 Å². The molecular formula is C15H11BrO3. The van der Waals surface area contributed by atoms with Crippen molar-refractivity contribution in [3.63, 3.8) is 0 Å². The second-order valence-electron chi connectivity index (χ2n) is 3.96. The molecule has 0 fully saturated rings. The highest BCUT2D eigenvalue weighted by Gasteiger charge is 2.02. The number of phenolic OH excluding ortho intramolecular Hbond substituents is 2. The highest BCUT2D eigenvalue weighted by Crippen LogP contribution is 2.24. The monoisotopic (exact) mass is 318 g/mol. The van der Waals surface area contributed by atoms with E-state index >= 15 is 0 Å². The zero-order valence-corrected chi connectivity index (χ0v) is 11.5. The summed E-state index contributed by atoms with van der Waals surface area (Å²) in [7, 11) is 0. The molecule has 96 valence electrons. The second kappa shape index (κ2) is 5.71. The molecule has 0 unspecified atom stereocenters. The summed E-state index contributed by atoms with van der Waals surface area (Å²) in [4.78, 5) is 11.9. The lowest BCUT2D eigenvalue weighted by Crippen LogP contribution is -1.92. The first-order chi connectivity index (χ1) is 9.06. The topological polar surface area (TPSA) is 57.5 Å². The largest absolute Gasteiger partial charge is 0.508 e. The average Bonchev–Trinajstić information content (AvgIpc) is 2.40. The van der Waals surface area contributed by atoms with E-state index in [0.29, 0.717) is 10.0 Å². The molecule has 0 atom stereocenters. The molecule has 0 bridgehead atoms. The first-order valence-electron chi connectivity index (χ1n) is 5.56. The zero-order valence-electron chi connectivity index (χ0n) is 9.88. The van der Waals surface area contributed by atoms with Crippen LogP contribution in [-0.2, 0) is 0 Å². The van der Waals surface area contributed by atoms with Gasteiger partial charge < -0.3 is 10.2 Å². The third-order valence-corrected chi connectivity index (χ3v) is 3.19. The van der Waals surface area contributed by atoms with Crippen LogP contribution < -0.4 is 0 Å². The number of halogens is 1. The Morgan fingerprint density at radius 1 is 1.05 bits per heavy atom. The third kappa shape index (κ3) is 3.45. The number of aromatic hydroxyl groups is 2. The molecular weight excluding hydrogens is 308 g/mol. The van der Waals surface area contributed by atoms with Gasteiger partial charge in [0.25, 0.3) is 0 Å². The molecule has 4 heteroatoms. The Morgan fingerprint density at radius 3 is 2.37 bits per heavy atom. The molecule has 0 saturated carbocycles. The van der Waals surface area contributed by atoms with Crippen LogP contribution in [0.1, 0.15) is 15.9 Å². The van der Waals surface area contributed by atoms with E-state index in [0.717, 1.165) is 5.56 Å². The number of hydrogen-bond acceptors (Lipinski definition) is 3. The SMILES string of the molecule is O=C(/C=C/c1ccc(O)c(Br)c1)c1ccc(O)cc1. The molecule has 0 amide bonds. The Hall–Kier alpha value is -2.07. The minimum absolute atomic E-state index is 0.128. The summed E-state index contributed by atoms with van der Waals surface area (Å²) in [5, 5.41) is 18.5. The standard InChI is InChI=1S/C15H11BrO3/c16-13-9-10(2-8-15(13)19)1-7-14(18)11-3-5-12(17)6-4-11/h1-9,17,19H/b7-1+. The van der Waals surface area contributed by atoms with E-state index in [1.807, 2.05) is 0 Å². The lowest BCUT2D eigenvalue weighted by atomic mass is 10.1. The van der Waals surface area contributed by atoms with Crippen molar-refractivity contribution in [3.05, 3.63) is 64.1 Å². The minimum atomic E-state index is -0.149. The molecule has 0 spiro atoms. The van der Waals surface area contributed by atoms with Crippen molar-refractivity contribution in [3.8, 4) is 11.5 Å². The van der Waals surface area contributed by atoms with Crippen molar-refractivity contribution < 1.29 is 15.0 Å². The van der Waals surface area contributed by atoms with E-state index in [9.17, 15) is 9.90 Å². The number of carbonyl (C=O) groups is 1. The molecule has 2 N–H and O–H groups in total. The number of benzene rings is 2. The molecule has 2 aromatic carbocycles. The Kier molecular flexibility index (Phi) is 4.02. The Balaban J connectivity index is 2.15. The van der Waals surface area contributed by atoms with Crippen LogP contribution in [0.15, 0.2) is 53.0 Å². The van der Waals surface area contributed by atoms with E-state index in [1.165, 1.54) is 18.2 Å².